The van der Waals surface area contributed by atoms with Crippen molar-refractivity contribution in [3.63, 3.8) is 0 Å². The summed E-state index contributed by atoms with van der Waals surface area (Å²) in [6.45, 7) is 2.41. The highest BCUT2D eigenvalue weighted by Gasteiger charge is 2.26. The zero-order valence-electron chi connectivity index (χ0n) is 8.18. The van der Waals surface area contributed by atoms with Crippen molar-refractivity contribution in [1.82, 2.24) is 5.32 Å². The number of nitrogens with one attached hydrogen (secondary N) is 1. The number of rotatable bonds is 2. The molecule has 0 unspecified atom stereocenters. The van der Waals surface area contributed by atoms with Gasteiger partial charge in [-0.3, -0.25) is 0 Å². The highest BCUT2D eigenvalue weighted by molar-refractivity contribution is 4.85. The molecule has 0 bridgehead atoms. The van der Waals surface area contributed by atoms with Crippen molar-refractivity contribution in [2.45, 2.75) is 64.0 Å². The Bertz CT molecular complexity index is 140. The molecule has 0 aliphatic heterocycles. The molecule has 0 aromatic heterocycles. The Labute approximate surface area is 75.9 Å². The van der Waals surface area contributed by atoms with Crippen molar-refractivity contribution in [2.24, 2.45) is 5.92 Å². The molecule has 2 rings (SSSR count). The average molecular weight is 167 g/mol. The van der Waals surface area contributed by atoms with Crippen LogP contribution < -0.4 is 5.32 Å². The molecule has 2 atom stereocenters. The van der Waals surface area contributed by atoms with Crippen LogP contribution in [0.5, 0.6) is 0 Å². The maximum Gasteiger partial charge on any atom is 0.00952 e. The summed E-state index contributed by atoms with van der Waals surface area (Å²) in [5.74, 6) is 0.930. The SMILES string of the molecule is C[C@H]1CCCC[C@@H]1NC1CCC1. The third kappa shape index (κ3) is 1.82. The first-order valence-electron chi connectivity index (χ1n) is 5.62. The molecular formula is C11H21N. The molecule has 1 N–H and O–H groups in total. The van der Waals surface area contributed by atoms with Gasteiger partial charge in [-0.15, -0.1) is 0 Å². The number of hydrogen-bond donors (Lipinski definition) is 1. The van der Waals surface area contributed by atoms with Gasteiger partial charge in [0.15, 0.2) is 0 Å². The van der Waals surface area contributed by atoms with E-state index in [4.69, 9.17) is 0 Å². The van der Waals surface area contributed by atoms with E-state index in [1.807, 2.05) is 0 Å². The molecule has 2 fully saturated rings. The van der Waals surface area contributed by atoms with E-state index >= 15 is 0 Å². The van der Waals surface area contributed by atoms with Gasteiger partial charge in [0.1, 0.15) is 0 Å². The minimum Gasteiger partial charge on any atom is -0.311 e. The van der Waals surface area contributed by atoms with Gasteiger partial charge in [-0.1, -0.05) is 26.2 Å². The van der Waals surface area contributed by atoms with Crippen LogP contribution in [-0.2, 0) is 0 Å². The van der Waals surface area contributed by atoms with Crippen LogP contribution in [0.2, 0.25) is 0 Å². The van der Waals surface area contributed by atoms with E-state index in [0.717, 1.165) is 18.0 Å². The number of hydrogen-bond acceptors (Lipinski definition) is 1. The summed E-state index contributed by atoms with van der Waals surface area (Å²) in [5.41, 5.74) is 0. The summed E-state index contributed by atoms with van der Waals surface area (Å²) in [5, 5.41) is 3.81. The lowest BCUT2D eigenvalue weighted by Crippen LogP contribution is -2.46. The Kier molecular flexibility index (Phi) is 2.69. The molecule has 2 aliphatic rings. The van der Waals surface area contributed by atoms with Gasteiger partial charge in [-0.25, -0.2) is 0 Å². The first kappa shape index (κ1) is 8.55. The molecular weight excluding hydrogens is 146 g/mol. The fourth-order valence-corrected chi connectivity index (χ4v) is 2.44. The summed E-state index contributed by atoms with van der Waals surface area (Å²) in [4.78, 5) is 0. The van der Waals surface area contributed by atoms with Crippen LogP contribution in [0.25, 0.3) is 0 Å². The van der Waals surface area contributed by atoms with Gasteiger partial charge in [0.2, 0.25) is 0 Å². The predicted octanol–water partition coefficient (Wildman–Crippen LogP) is 2.71. The molecule has 0 spiro atoms. The Hall–Kier alpha value is -0.0400. The highest BCUT2D eigenvalue weighted by Crippen LogP contribution is 2.27. The maximum atomic E-state index is 3.81. The van der Waals surface area contributed by atoms with Gasteiger partial charge in [0, 0.05) is 12.1 Å². The van der Waals surface area contributed by atoms with E-state index < -0.39 is 0 Å². The van der Waals surface area contributed by atoms with E-state index in [-0.39, 0.29) is 0 Å². The summed E-state index contributed by atoms with van der Waals surface area (Å²) < 4.78 is 0. The fourth-order valence-electron chi connectivity index (χ4n) is 2.44. The molecule has 2 aliphatic carbocycles. The fraction of sp³-hybridized carbons (Fsp3) is 1.00. The van der Waals surface area contributed by atoms with Gasteiger partial charge in [0.25, 0.3) is 0 Å². The van der Waals surface area contributed by atoms with Gasteiger partial charge in [-0.05, 0) is 31.6 Å². The standard InChI is InChI=1S/C11H21N/c1-9-5-2-3-8-11(9)12-10-6-4-7-10/h9-12H,2-8H2,1H3/t9-,11-/m0/s1. The van der Waals surface area contributed by atoms with Crippen molar-refractivity contribution in [3.05, 3.63) is 0 Å². The second-order valence-electron chi connectivity index (χ2n) is 4.66. The van der Waals surface area contributed by atoms with Crippen LogP contribution >= 0.6 is 0 Å². The normalized spacial score (nSPS) is 37.8. The highest BCUT2D eigenvalue weighted by atomic mass is 15.0. The van der Waals surface area contributed by atoms with E-state index in [1.54, 1.807) is 0 Å². The summed E-state index contributed by atoms with van der Waals surface area (Å²) in [6.07, 6.45) is 10.1. The molecule has 0 heterocycles. The van der Waals surface area contributed by atoms with Gasteiger partial charge < -0.3 is 5.32 Å². The zero-order chi connectivity index (χ0) is 8.39. The van der Waals surface area contributed by atoms with Crippen molar-refractivity contribution in [3.8, 4) is 0 Å². The predicted molar refractivity (Wildman–Crippen MR) is 52.2 cm³/mol. The first-order valence-corrected chi connectivity index (χ1v) is 5.62. The van der Waals surface area contributed by atoms with Crippen LogP contribution in [0.4, 0.5) is 0 Å². The molecule has 0 aromatic rings. The molecule has 70 valence electrons. The van der Waals surface area contributed by atoms with Crippen molar-refractivity contribution < 1.29 is 0 Å². The van der Waals surface area contributed by atoms with Gasteiger partial charge in [-0.2, -0.15) is 0 Å². The molecule has 0 aromatic carbocycles. The Morgan fingerprint density at radius 3 is 2.25 bits per heavy atom. The lowest BCUT2D eigenvalue weighted by molar-refractivity contribution is 0.218. The monoisotopic (exact) mass is 167 g/mol. The second kappa shape index (κ2) is 3.78. The maximum absolute atomic E-state index is 3.81. The molecule has 0 radical (unpaired) electrons. The smallest absolute Gasteiger partial charge is 0.00952 e. The van der Waals surface area contributed by atoms with Crippen LogP contribution in [0.3, 0.4) is 0 Å². The third-order valence-electron chi connectivity index (χ3n) is 3.67. The Balaban J connectivity index is 1.76. The zero-order valence-corrected chi connectivity index (χ0v) is 8.18. The minimum absolute atomic E-state index is 0.851. The van der Waals surface area contributed by atoms with E-state index in [2.05, 4.69) is 12.2 Å². The van der Waals surface area contributed by atoms with Crippen molar-refractivity contribution >= 4 is 0 Å². The van der Waals surface area contributed by atoms with Gasteiger partial charge >= 0.3 is 0 Å². The molecule has 1 heteroatoms. The molecule has 2 saturated carbocycles. The lowest BCUT2D eigenvalue weighted by Gasteiger charge is -2.36. The van der Waals surface area contributed by atoms with E-state index in [0.29, 0.717) is 0 Å². The largest absolute Gasteiger partial charge is 0.311 e. The Morgan fingerprint density at radius 1 is 0.917 bits per heavy atom. The molecule has 1 nitrogen and oxygen atoms in total. The van der Waals surface area contributed by atoms with Crippen molar-refractivity contribution in [1.29, 1.82) is 0 Å². The minimum atomic E-state index is 0.851. The van der Waals surface area contributed by atoms with Crippen LogP contribution in [0, 0.1) is 5.92 Å². The summed E-state index contributed by atoms with van der Waals surface area (Å²) in [7, 11) is 0. The van der Waals surface area contributed by atoms with Crippen LogP contribution in [0.15, 0.2) is 0 Å². The van der Waals surface area contributed by atoms with Crippen molar-refractivity contribution in [2.75, 3.05) is 0 Å². The van der Waals surface area contributed by atoms with E-state index in [9.17, 15) is 0 Å². The topological polar surface area (TPSA) is 12.0 Å². The Morgan fingerprint density at radius 2 is 1.67 bits per heavy atom. The second-order valence-corrected chi connectivity index (χ2v) is 4.66. The third-order valence-corrected chi connectivity index (χ3v) is 3.67. The summed E-state index contributed by atoms with van der Waals surface area (Å²) >= 11 is 0. The molecule has 0 amide bonds. The average Bonchev–Trinajstić information content (AvgIpc) is 2.00. The molecule has 12 heavy (non-hydrogen) atoms. The molecule has 0 saturated heterocycles. The van der Waals surface area contributed by atoms with Gasteiger partial charge in [0.05, 0.1) is 0 Å². The van der Waals surface area contributed by atoms with Crippen LogP contribution in [-0.4, -0.2) is 12.1 Å². The van der Waals surface area contributed by atoms with E-state index in [1.165, 1.54) is 44.9 Å². The summed E-state index contributed by atoms with van der Waals surface area (Å²) in [6, 6.07) is 1.74. The quantitative estimate of drug-likeness (QED) is 0.667. The van der Waals surface area contributed by atoms with Crippen LogP contribution in [0.1, 0.15) is 51.9 Å². The lowest BCUT2D eigenvalue weighted by atomic mass is 9.83. The first-order chi connectivity index (χ1) is 5.86.